The van der Waals surface area contributed by atoms with Crippen molar-refractivity contribution < 1.29 is 0 Å². The summed E-state index contributed by atoms with van der Waals surface area (Å²) in [6.45, 7) is 3.16. The molecule has 0 saturated carbocycles. The van der Waals surface area contributed by atoms with E-state index in [-0.39, 0.29) is 0 Å². The smallest absolute Gasteiger partial charge is 0.0991 e. The molecule has 0 saturated heterocycles. The molecule has 0 radical (unpaired) electrons. The SMILES string of the molecule is Cc1c(CN)nnn1Cc1cc[nH]c1. The van der Waals surface area contributed by atoms with Crippen molar-refractivity contribution in [3.05, 3.63) is 35.4 Å². The summed E-state index contributed by atoms with van der Waals surface area (Å²) in [4.78, 5) is 3.00. The fraction of sp³-hybridized carbons (Fsp3) is 0.333. The second-order valence-corrected chi connectivity index (χ2v) is 3.20. The molecule has 0 amide bonds. The topological polar surface area (TPSA) is 72.5 Å². The van der Waals surface area contributed by atoms with Gasteiger partial charge in [-0.2, -0.15) is 0 Å². The van der Waals surface area contributed by atoms with Crippen LogP contribution in [0.1, 0.15) is 17.0 Å². The van der Waals surface area contributed by atoms with Gasteiger partial charge in [-0.25, -0.2) is 4.68 Å². The van der Waals surface area contributed by atoms with Crippen molar-refractivity contribution in [3.63, 3.8) is 0 Å². The van der Waals surface area contributed by atoms with E-state index in [2.05, 4.69) is 15.3 Å². The summed E-state index contributed by atoms with van der Waals surface area (Å²) in [5.74, 6) is 0. The van der Waals surface area contributed by atoms with E-state index in [0.717, 1.165) is 17.9 Å². The third-order valence-electron chi connectivity index (χ3n) is 2.27. The van der Waals surface area contributed by atoms with Crippen LogP contribution in [0.25, 0.3) is 0 Å². The molecule has 14 heavy (non-hydrogen) atoms. The third-order valence-corrected chi connectivity index (χ3v) is 2.27. The Balaban J connectivity index is 2.21. The molecule has 2 aromatic rings. The molecule has 0 aromatic carbocycles. The number of H-pyrrole nitrogens is 1. The number of nitrogens with one attached hydrogen (secondary N) is 1. The minimum Gasteiger partial charge on any atom is -0.367 e. The molecule has 0 unspecified atom stereocenters. The molecule has 0 aliphatic carbocycles. The summed E-state index contributed by atoms with van der Waals surface area (Å²) in [7, 11) is 0. The highest BCUT2D eigenvalue weighted by Gasteiger charge is 2.06. The third kappa shape index (κ3) is 1.54. The first-order valence-corrected chi connectivity index (χ1v) is 4.52. The fourth-order valence-corrected chi connectivity index (χ4v) is 1.36. The van der Waals surface area contributed by atoms with Crippen molar-refractivity contribution in [2.24, 2.45) is 5.73 Å². The first kappa shape index (κ1) is 8.96. The second-order valence-electron chi connectivity index (χ2n) is 3.20. The van der Waals surface area contributed by atoms with Crippen LogP contribution in [0, 0.1) is 6.92 Å². The van der Waals surface area contributed by atoms with Gasteiger partial charge >= 0.3 is 0 Å². The molecule has 2 aromatic heterocycles. The van der Waals surface area contributed by atoms with E-state index in [0.29, 0.717) is 6.54 Å². The largest absolute Gasteiger partial charge is 0.367 e. The molecule has 0 atom stereocenters. The van der Waals surface area contributed by atoms with Crippen molar-refractivity contribution in [1.82, 2.24) is 20.0 Å². The monoisotopic (exact) mass is 191 g/mol. The summed E-state index contributed by atoms with van der Waals surface area (Å²) >= 11 is 0. The van der Waals surface area contributed by atoms with E-state index in [1.54, 1.807) is 0 Å². The van der Waals surface area contributed by atoms with E-state index in [4.69, 9.17) is 5.73 Å². The molecular formula is C9H13N5. The minimum atomic E-state index is 0.443. The lowest BCUT2D eigenvalue weighted by atomic mass is 10.3. The van der Waals surface area contributed by atoms with Gasteiger partial charge in [0.1, 0.15) is 0 Å². The summed E-state index contributed by atoms with van der Waals surface area (Å²) in [5, 5.41) is 8.03. The van der Waals surface area contributed by atoms with Crippen LogP contribution in [0.15, 0.2) is 18.5 Å². The molecule has 3 N–H and O–H groups in total. The van der Waals surface area contributed by atoms with E-state index < -0.39 is 0 Å². The number of aromatic amines is 1. The van der Waals surface area contributed by atoms with Crippen LogP contribution < -0.4 is 5.73 Å². The maximum atomic E-state index is 5.52. The van der Waals surface area contributed by atoms with E-state index in [9.17, 15) is 0 Å². The molecule has 0 fully saturated rings. The first-order valence-electron chi connectivity index (χ1n) is 4.52. The molecule has 0 aliphatic heterocycles. The van der Waals surface area contributed by atoms with Gasteiger partial charge in [0.15, 0.2) is 0 Å². The number of nitrogens with zero attached hydrogens (tertiary/aromatic N) is 3. The van der Waals surface area contributed by atoms with E-state index in [1.165, 1.54) is 5.56 Å². The zero-order chi connectivity index (χ0) is 9.97. The van der Waals surface area contributed by atoms with Crippen LogP contribution in [-0.4, -0.2) is 20.0 Å². The first-order chi connectivity index (χ1) is 6.81. The summed E-state index contributed by atoms with van der Waals surface area (Å²) in [5.41, 5.74) is 8.59. The number of nitrogens with two attached hydrogens (primary N) is 1. The zero-order valence-corrected chi connectivity index (χ0v) is 8.07. The highest BCUT2D eigenvalue weighted by atomic mass is 15.4. The van der Waals surface area contributed by atoms with Crippen LogP contribution in [0.5, 0.6) is 0 Å². The Morgan fingerprint density at radius 3 is 3.00 bits per heavy atom. The second kappa shape index (κ2) is 3.63. The molecule has 5 nitrogen and oxygen atoms in total. The van der Waals surface area contributed by atoms with Crippen molar-refractivity contribution in [2.75, 3.05) is 0 Å². The lowest BCUT2D eigenvalue weighted by Crippen LogP contribution is -2.04. The van der Waals surface area contributed by atoms with Gasteiger partial charge in [0.25, 0.3) is 0 Å². The Morgan fingerprint density at radius 1 is 1.57 bits per heavy atom. The van der Waals surface area contributed by atoms with Crippen LogP contribution in [0.4, 0.5) is 0 Å². The van der Waals surface area contributed by atoms with Crippen LogP contribution in [0.3, 0.4) is 0 Å². The van der Waals surface area contributed by atoms with E-state index >= 15 is 0 Å². The van der Waals surface area contributed by atoms with Gasteiger partial charge in [0.05, 0.1) is 17.9 Å². The predicted molar refractivity (Wildman–Crippen MR) is 52.5 cm³/mol. The molecule has 0 spiro atoms. The van der Waals surface area contributed by atoms with Crippen molar-refractivity contribution in [1.29, 1.82) is 0 Å². The number of rotatable bonds is 3. The predicted octanol–water partition coefficient (Wildman–Crippen LogP) is 0.422. The van der Waals surface area contributed by atoms with Gasteiger partial charge in [0.2, 0.25) is 0 Å². The molecule has 2 heterocycles. The van der Waals surface area contributed by atoms with Gasteiger partial charge in [-0.05, 0) is 18.6 Å². The van der Waals surface area contributed by atoms with Crippen LogP contribution in [-0.2, 0) is 13.1 Å². The Kier molecular flexibility index (Phi) is 2.32. The number of hydrogen-bond acceptors (Lipinski definition) is 3. The Morgan fingerprint density at radius 2 is 2.43 bits per heavy atom. The maximum Gasteiger partial charge on any atom is 0.0991 e. The average molecular weight is 191 g/mol. The van der Waals surface area contributed by atoms with Gasteiger partial charge in [0, 0.05) is 18.9 Å². The Hall–Kier alpha value is -1.62. The molecule has 2 rings (SSSR count). The standard InChI is InChI=1S/C9H13N5/c1-7-9(4-10)12-13-14(7)6-8-2-3-11-5-8/h2-3,5,11H,4,6,10H2,1H3. The molecule has 74 valence electrons. The van der Waals surface area contributed by atoms with Gasteiger partial charge in [-0.1, -0.05) is 5.21 Å². The molecule has 0 aliphatic rings. The average Bonchev–Trinajstić information content (AvgIpc) is 2.79. The molecule has 5 heteroatoms. The fourth-order valence-electron chi connectivity index (χ4n) is 1.36. The highest BCUT2D eigenvalue weighted by Crippen LogP contribution is 2.06. The molecular weight excluding hydrogens is 178 g/mol. The van der Waals surface area contributed by atoms with Gasteiger partial charge in [-0.15, -0.1) is 5.10 Å². The van der Waals surface area contributed by atoms with Gasteiger partial charge < -0.3 is 10.7 Å². The van der Waals surface area contributed by atoms with Gasteiger partial charge in [-0.3, -0.25) is 0 Å². The van der Waals surface area contributed by atoms with Crippen LogP contribution >= 0.6 is 0 Å². The summed E-state index contributed by atoms with van der Waals surface area (Å²) in [6.07, 6.45) is 3.84. The number of hydrogen-bond donors (Lipinski definition) is 2. The normalized spacial score (nSPS) is 10.7. The molecule has 0 bridgehead atoms. The Labute approximate surface area is 81.9 Å². The Bertz CT molecular complexity index is 401. The quantitative estimate of drug-likeness (QED) is 0.738. The summed E-state index contributed by atoms with van der Waals surface area (Å²) in [6, 6.07) is 2.02. The van der Waals surface area contributed by atoms with Crippen molar-refractivity contribution >= 4 is 0 Å². The summed E-state index contributed by atoms with van der Waals surface area (Å²) < 4.78 is 1.85. The maximum absolute atomic E-state index is 5.52. The van der Waals surface area contributed by atoms with Crippen LogP contribution in [0.2, 0.25) is 0 Å². The van der Waals surface area contributed by atoms with Crippen molar-refractivity contribution in [2.45, 2.75) is 20.0 Å². The minimum absolute atomic E-state index is 0.443. The lowest BCUT2D eigenvalue weighted by Gasteiger charge is -2.00. The van der Waals surface area contributed by atoms with E-state index in [1.807, 2.05) is 30.1 Å². The highest BCUT2D eigenvalue weighted by molar-refractivity contribution is 5.12. The number of aromatic nitrogens is 4. The lowest BCUT2D eigenvalue weighted by molar-refractivity contribution is 0.634. The zero-order valence-electron chi connectivity index (χ0n) is 8.07. The van der Waals surface area contributed by atoms with Crippen molar-refractivity contribution in [3.8, 4) is 0 Å².